The van der Waals surface area contributed by atoms with E-state index in [1.54, 1.807) is 30.2 Å². The van der Waals surface area contributed by atoms with Crippen molar-refractivity contribution in [1.82, 2.24) is 4.90 Å². The van der Waals surface area contributed by atoms with Crippen LogP contribution in [-0.4, -0.2) is 48.6 Å². The molecule has 2 atom stereocenters. The summed E-state index contributed by atoms with van der Waals surface area (Å²) in [6.45, 7) is 10.7. The Morgan fingerprint density at radius 2 is 1.55 bits per heavy atom. The molecule has 0 radical (unpaired) electrons. The van der Waals surface area contributed by atoms with Gasteiger partial charge in [0.15, 0.2) is 14.1 Å². The van der Waals surface area contributed by atoms with Crippen molar-refractivity contribution in [2.75, 3.05) is 13.7 Å². The number of alkyl halides is 3. The zero-order valence-corrected chi connectivity index (χ0v) is 27.6. The van der Waals surface area contributed by atoms with Crippen LogP contribution in [0, 0.1) is 0 Å². The van der Waals surface area contributed by atoms with E-state index >= 15 is 0 Å². The molecular weight excluding hydrogens is 585 g/mol. The number of carbonyl (C=O) groups is 2. The summed E-state index contributed by atoms with van der Waals surface area (Å²) in [5.74, 6) is -0.0311. The molecule has 2 rings (SSSR count). The first-order chi connectivity index (χ1) is 18.6. The SMILES string of the molecule is CN(C(=O)OCC(Cl)(Cl)Cl)[C@@H](CCC/C=C\C(=O)c1ccccc1)C[C@H](O[Si](C)(C)C(C)(C)C)c1ccccc1. The Bertz CT molecular complexity index is 1100. The molecule has 2 aromatic carbocycles. The second-order valence-corrected chi connectivity index (χ2v) is 18.8. The normalized spacial score (nSPS) is 14.1. The van der Waals surface area contributed by atoms with Crippen LogP contribution >= 0.6 is 34.8 Å². The molecule has 1 amide bonds. The van der Waals surface area contributed by atoms with Gasteiger partial charge in [-0.2, -0.15) is 0 Å². The summed E-state index contributed by atoms with van der Waals surface area (Å²) in [7, 11) is -0.441. The number of halogens is 3. The van der Waals surface area contributed by atoms with Gasteiger partial charge in [-0.25, -0.2) is 4.79 Å². The third-order valence-electron chi connectivity index (χ3n) is 7.33. The summed E-state index contributed by atoms with van der Waals surface area (Å²) >= 11 is 17.4. The number of hydrogen-bond acceptors (Lipinski definition) is 4. The molecule has 0 saturated heterocycles. The summed E-state index contributed by atoms with van der Waals surface area (Å²) in [5.41, 5.74) is 1.72. The largest absolute Gasteiger partial charge is 0.445 e. The average molecular weight is 627 g/mol. The first-order valence-electron chi connectivity index (χ1n) is 13.6. The van der Waals surface area contributed by atoms with Gasteiger partial charge in [0.1, 0.15) is 6.61 Å². The van der Waals surface area contributed by atoms with Crippen LogP contribution in [0.15, 0.2) is 72.8 Å². The number of ether oxygens (including phenoxy) is 1. The fraction of sp³-hybridized carbons (Fsp3) is 0.484. The Morgan fingerprint density at radius 3 is 2.10 bits per heavy atom. The fourth-order valence-electron chi connectivity index (χ4n) is 3.92. The first kappa shape index (κ1) is 34.4. The van der Waals surface area contributed by atoms with Gasteiger partial charge in [0.25, 0.3) is 0 Å². The minimum Gasteiger partial charge on any atom is -0.445 e. The van der Waals surface area contributed by atoms with Crippen LogP contribution in [0.2, 0.25) is 18.1 Å². The van der Waals surface area contributed by atoms with Gasteiger partial charge in [-0.3, -0.25) is 4.79 Å². The molecular formula is C31H42Cl3NO4Si. The summed E-state index contributed by atoms with van der Waals surface area (Å²) in [5, 5.41) is 0.0147. The van der Waals surface area contributed by atoms with Crippen molar-refractivity contribution in [2.24, 2.45) is 0 Å². The number of hydrogen-bond donors (Lipinski definition) is 0. The highest BCUT2D eigenvalue weighted by Gasteiger charge is 2.40. The van der Waals surface area contributed by atoms with Crippen LogP contribution in [0.5, 0.6) is 0 Å². The molecule has 0 unspecified atom stereocenters. The molecule has 0 fully saturated rings. The van der Waals surface area contributed by atoms with Crippen molar-refractivity contribution >= 4 is 55.0 Å². The Labute approximate surface area is 255 Å². The van der Waals surface area contributed by atoms with E-state index in [-0.39, 0.29) is 29.6 Å². The van der Waals surface area contributed by atoms with Crippen LogP contribution in [-0.2, 0) is 9.16 Å². The lowest BCUT2D eigenvalue weighted by Crippen LogP contribution is -2.44. The number of nitrogens with zero attached hydrogens (tertiary/aromatic N) is 1. The fourth-order valence-corrected chi connectivity index (χ4v) is 5.38. The van der Waals surface area contributed by atoms with Crippen molar-refractivity contribution in [2.45, 2.75) is 80.5 Å². The lowest BCUT2D eigenvalue weighted by molar-refractivity contribution is 0.0774. The van der Waals surface area contributed by atoms with E-state index < -0.39 is 18.2 Å². The van der Waals surface area contributed by atoms with Crippen LogP contribution in [0.4, 0.5) is 4.79 Å². The third-order valence-corrected chi connectivity index (χ3v) is 12.1. The summed E-state index contributed by atoms with van der Waals surface area (Å²) in [6, 6.07) is 19.1. The maximum absolute atomic E-state index is 13.0. The van der Waals surface area contributed by atoms with E-state index in [0.717, 1.165) is 12.0 Å². The molecule has 220 valence electrons. The Hall–Kier alpha value is -1.83. The lowest BCUT2D eigenvalue weighted by atomic mass is 9.97. The maximum atomic E-state index is 13.0. The number of carbonyl (C=O) groups excluding carboxylic acids is 2. The predicted octanol–water partition coefficient (Wildman–Crippen LogP) is 9.56. The van der Waals surface area contributed by atoms with E-state index in [4.69, 9.17) is 44.0 Å². The molecule has 0 N–H and O–H groups in total. The van der Waals surface area contributed by atoms with E-state index in [2.05, 4.69) is 46.0 Å². The Kier molecular flexibility index (Phi) is 13.2. The molecule has 0 bridgehead atoms. The summed E-state index contributed by atoms with van der Waals surface area (Å²) < 4.78 is 10.5. The van der Waals surface area contributed by atoms with Gasteiger partial charge in [-0.05, 0) is 55.5 Å². The molecule has 0 saturated carbocycles. The highest BCUT2D eigenvalue weighted by atomic mass is 35.6. The van der Waals surface area contributed by atoms with Gasteiger partial charge >= 0.3 is 6.09 Å². The monoisotopic (exact) mass is 625 g/mol. The van der Waals surface area contributed by atoms with Crippen LogP contribution in [0.25, 0.3) is 0 Å². The second kappa shape index (κ2) is 15.4. The van der Waals surface area contributed by atoms with Crippen LogP contribution in [0.1, 0.15) is 68.5 Å². The summed E-state index contributed by atoms with van der Waals surface area (Å²) in [6.07, 6.45) is 5.40. The topological polar surface area (TPSA) is 55.8 Å². The Balaban J connectivity index is 2.21. The van der Waals surface area contributed by atoms with Gasteiger partial charge in [0.2, 0.25) is 3.79 Å². The maximum Gasteiger partial charge on any atom is 0.409 e. The van der Waals surface area contributed by atoms with E-state index in [9.17, 15) is 9.59 Å². The van der Waals surface area contributed by atoms with Gasteiger partial charge in [-0.15, -0.1) is 0 Å². The van der Waals surface area contributed by atoms with E-state index in [1.807, 2.05) is 42.5 Å². The Morgan fingerprint density at radius 1 is 0.975 bits per heavy atom. The highest BCUT2D eigenvalue weighted by Crippen LogP contribution is 2.41. The third kappa shape index (κ3) is 11.6. The first-order valence-corrected chi connectivity index (χ1v) is 17.6. The zero-order valence-electron chi connectivity index (χ0n) is 24.3. The minimum absolute atomic E-state index is 0.0147. The second-order valence-electron chi connectivity index (χ2n) is 11.5. The molecule has 9 heteroatoms. The number of unbranched alkanes of at least 4 members (excludes halogenated alkanes) is 1. The molecule has 0 spiro atoms. The molecule has 0 heterocycles. The van der Waals surface area contributed by atoms with E-state index in [1.165, 1.54) is 0 Å². The highest BCUT2D eigenvalue weighted by molar-refractivity contribution is 6.74. The van der Waals surface area contributed by atoms with Crippen molar-refractivity contribution in [3.63, 3.8) is 0 Å². The van der Waals surface area contributed by atoms with E-state index in [0.29, 0.717) is 24.8 Å². The lowest BCUT2D eigenvalue weighted by Gasteiger charge is -2.41. The molecule has 2 aromatic rings. The molecule has 0 aliphatic heterocycles. The van der Waals surface area contributed by atoms with Crippen molar-refractivity contribution in [3.8, 4) is 0 Å². The molecule has 5 nitrogen and oxygen atoms in total. The minimum atomic E-state index is -2.14. The van der Waals surface area contributed by atoms with Crippen LogP contribution < -0.4 is 0 Å². The molecule has 0 aromatic heterocycles. The molecule has 0 aliphatic carbocycles. The summed E-state index contributed by atoms with van der Waals surface area (Å²) in [4.78, 5) is 26.9. The zero-order chi connectivity index (χ0) is 30.0. The standard InChI is InChI=1S/C31H42Cl3NO4Si/c1-30(2,3)40(5,6)39-28(25-18-12-8-13-19-25)22-26(35(4)29(37)38-23-31(32,33)34)20-14-9-15-21-27(36)24-16-10-7-11-17-24/h7-8,10-13,15-19,21,26,28H,9,14,20,22-23H2,1-6H3/b21-15-/t26-,28-/m0/s1. The van der Waals surface area contributed by atoms with Gasteiger partial charge in [0, 0.05) is 18.7 Å². The van der Waals surface area contributed by atoms with Gasteiger partial charge in [-0.1, -0.05) is 122 Å². The smallest absolute Gasteiger partial charge is 0.409 e. The van der Waals surface area contributed by atoms with Gasteiger partial charge in [0.05, 0.1) is 6.10 Å². The number of amides is 1. The van der Waals surface area contributed by atoms with Gasteiger partial charge < -0.3 is 14.1 Å². The number of rotatable bonds is 13. The van der Waals surface area contributed by atoms with Crippen molar-refractivity contribution < 1.29 is 18.8 Å². The average Bonchev–Trinajstić information content (AvgIpc) is 2.89. The number of benzene rings is 2. The van der Waals surface area contributed by atoms with Crippen molar-refractivity contribution in [3.05, 3.63) is 83.9 Å². The molecule has 40 heavy (non-hydrogen) atoms. The number of ketones is 1. The van der Waals surface area contributed by atoms with Crippen molar-refractivity contribution in [1.29, 1.82) is 0 Å². The predicted molar refractivity (Wildman–Crippen MR) is 169 cm³/mol. The van der Waals surface area contributed by atoms with Crippen LogP contribution in [0.3, 0.4) is 0 Å². The number of allylic oxidation sites excluding steroid dienone is 2. The quantitative estimate of drug-likeness (QED) is 0.0730. The molecule has 0 aliphatic rings.